The van der Waals surface area contributed by atoms with Crippen molar-refractivity contribution in [3.8, 4) is 11.5 Å². The minimum Gasteiger partial charge on any atom is -0.872 e. The van der Waals surface area contributed by atoms with E-state index < -0.39 is 64.6 Å². The van der Waals surface area contributed by atoms with Gasteiger partial charge in [-0.25, -0.2) is 16.8 Å². The molecule has 0 atom stereocenters. The van der Waals surface area contributed by atoms with Gasteiger partial charge in [-0.1, -0.05) is 23.6 Å². The first kappa shape index (κ1) is 31.3. The molecular weight excluding hydrogens is 598 g/mol. The zero-order chi connectivity index (χ0) is 21.9. The van der Waals surface area contributed by atoms with Crippen LogP contribution in [0.5, 0.6) is 11.5 Å². The van der Waals surface area contributed by atoms with Crippen molar-refractivity contribution >= 4 is 32.2 Å². The number of carbonyl (C=O) groups is 2. The van der Waals surface area contributed by atoms with Crippen molar-refractivity contribution in [3.05, 3.63) is 47.5 Å². The van der Waals surface area contributed by atoms with Crippen LogP contribution in [-0.4, -0.2) is 37.9 Å². The largest absolute Gasteiger partial charge is 3.00 e. The third-order valence-electron chi connectivity index (χ3n) is 2.92. The second-order valence-electron chi connectivity index (χ2n) is 4.80. The molecule has 2 aromatic carbocycles. The van der Waals surface area contributed by atoms with Gasteiger partial charge in [-0.05, 0) is 35.4 Å². The molecule has 1 radical (unpaired) electrons. The molecule has 155 valence electrons. The monoisotopic (exact) mass is 607 g/mol. The van der Waals surface area contributed by atoms with Crippen molar-refractivity contribution in [2.45, 2.75) is 9.79 Å². The Morgan fingerprint density at radius 2 is 0.967 bits per heavy atom. The number of carboxylic acids is 2. The van der Waals surface area contributed by atoms with Crippen molar-refractivity contribution in [2.24, 2.45) is 0 Å². The van der Waals surface area contributed by atoms with E-state index in [1.807, 2.05) is 0 Å². The summed E-state index contributed by atoms with van der Waals surface area (Å²) < 4.78 is 62.7. The van der Waals surface area contributed by atoms with Gasteiger partial charge in [0.1, 0.15) is 20.2 Å². The molecule has 0 saturated carbocycles. The number of hydrogen-bond acceptors (Lipinski definition) is 12. The molecule has 0 aliphatic rings. The van der Waals surface area contributed by atoms with Gasteiger partial charge >= 0.3 is 72.8 Å². The van der Waals surface area contributed by atoms with Crippen molar-refractivity contribution in [1.29, 1.82) is 0 Å². The summed E-state index contributed by atoms with van der Waals surface area (Å²) in [7, 11) is -9.51. The predicted molar refractivity (Wildman–Crippen MR) is 78.6 cm³/mol. The summed E-state index contributed by atoms with van der Waals surface area (Å²) in [5.74, 6) is -5.45. The molecule has 2 aromatic rings. The molecule has 0 aromatic heterocycles. The number of carbonyl (C=O) groups excluding carboxylic acids is 2. The molecule has 0 amide bonds. The van der Waals surface area contributed by atoms with Crippen LogP contribution in [-0.2, 0) is 20.2 Å². The molecule has 0 bridgehead atoms. The first-order chi connectivity index (χ1) is 12.6. The Balaban J connectivity index is -0.000000218. The van der Waals surface area contributed by atoms with E-state index in [9.17, 15) is 56.0 Å². The molecule has 0 N–H and O–H groups in total. The fourth-order valence-electron chi connectivity index (χ4n) is 1.65. The second-order valence-corrected chi connectivity index (χ2v) is 7.56. The molecular formula is C14H8NaO12S2Sm. The smallest absolute Gasteiger partial charge is 0.872 e. The number of carboxylic acid groups (broad SMARTS) is 2. The maximum absolute atomic E-state index is 10.8. The van der Waals surface area contributed by atoms with Crippen LogP contribution >= 0.6 is 0 Å². The Hall–Kier alpha value is -0.862. The van der Waals surface area contributed by atoms with Gasteiger partial charge in [-0.3, -0.25) is 0 Å². The van der Waals surface area contributed by atoms with Gasteiger partial charge in [0.25, 0.3) is 0 Å². The zero-order valence-corrected chi connectivity index (χ0v) is 20.8. The van der Waals surface area contributed by atoms with E-state index in [-0.39, 0.29) is 72.8 Å². The van der Waals surface area contributed by atoms with E-state index in [1.54, 1.807) is 0 Å². The van der Waals surface area contributed by atoms with Gasteiger partial charge in [-0.15, -0.1) is 0 Å². The summed E-state index contributed by atoms with van der Waals surface area (Å²) in [5.41, 5.74) is -1.69. The summed E-state index contributed by atoms with van der Waals surface area (Å²) in [4.78, 5) is 19.1. The maximum Gasteiger partial charge on any atom is 3.00 e. The summed E-state index contributed by atoms with van der Waals surface area (Å²) in [6.07, 6.45) is 0. The molecule has 12 nitrogen and oxygen atoms in total. The Morgan fingerprint density at radius 3 is 1.17 bits per heavy atom. The Kier molecular flexibility index (Phi) is 12.8. The first-order valence-corrected chi connectivity index (χ1v) is 9.43. The van der Waals surface area contributed by atoms with Gasteiger partial charge in [0.2, 0.25) is 0 Å². The van der Waals surface area contributed by atoms with Gasteiger partial charge in [-0.2, -0.15) is 0 Å². The standard InChI is InChI=1S/2C7H6O6S.Na.Sm/c2*8-6-2-1-4(14(11,12)13)3-5(6)7(9)10;;/h2*1-3,8H,(H,9,10)(H,11,12,13);;/q;;+1;+3/p-4. The third kappa shape index (κ3) is 9.10. The third-order valence-corrected chi connectivity index (χ3v) is 4.58. The summed E-state index contributed by atoms with van der Waals surface area (Å²) in [5, 5.41) is 42.2. The zero-order valence-electron chi connectivity index (χ0n) is 16.6. The Labute approximate surface area is 227 Å². The normalized spacial score (nSPS) is 10.5. The van der Waals surface area contributed by atoms with Crippen LogP contribution in [0.3, 0.4) is 0 Å². The van der Waals surface area contributed by atoms with E-state index in [0.717, 1.165) is 12.1 Å². The molecule has 0 saturated heterocycles. The van der Waals surface area contributed by atoms with E-state index in [0.29, 0.717) is 24.3 Å². The van der Waals surface area contributed by atoms with Crippen LogP contribution < -0.4 is 50.0 Å². The molecule has 0 aliphatic carbocycles. The van der Waals surface area contributed by atoms with Crippen LogP contribution in [0.25, 0.3) is 0 Å². The fourth-order valence-corrected chi connectivity index (χ4v) is 2.64. The Bertz CT molecular complexity index is 1060. The molecule has 2 rings (SSSR count). The Morgan fingerprint density at radius 1 is 0.700 bits per heavy atom. The topological polar surface area (TPSA) is 241 Å². The van der Waals surface area contributed by atoms with Gasteiger partial charge < -0.3 is 39.1 Å². The quantitative estimate of drug-likeness (QED) is 0.233. The van der Waals surface area contributed by atoms with Crippen LogP contribution in [0.1, 0.15) is 23.6 Å². The van der Waals surface area contributed by atoms with E-state index in [1.165, 1.54) is 0 Å². The minimum absolute atomic E-state index is 0. The van der Waals surface area contributed by atoms with E-state index >= 15 is 0 Å². The van der Waals surface area contributed by atoms with Gasteiger partial charge in [0.15, 0.2) is 0 Å². The van der Waals surface area contributed by atoms with Crippen molar-refractivity contribution in [2.75, 3.05) is 0 Å². The molecule has 0 spiro atoms. The average Bonchev–Trinajstić information content (AvgIpc) is 2.53. The SMILES string of the molecule is O=C([O-])c1cc(S(=O)(=O)[O-])ccc1[O-].O=C([O-])c1cc(S(=O)(=O)[O-])ccc1[O-].[H+].[H+].[Na+].[Sm+3]. The number of benzene rings is 2. The van der Waals surface area contributed by atoms with Crippen molar-refractivity contribution in [1.82, 2.24) is 0 Å². The van der Waals surface area contributed by atoms with Crippen LogP contribution in [0, 0.1) is 40.4 Å². The molecule has 0 heterocycles. The molecule has 16 heteroatoms. The van der Waals surface area contributed by atoms with Crippen LogP contribution in [0.15, 0.2) is 46.2 Å². The maximum atomic E-state index is 10.8. The van der Waals surface area contributed by atoms with Crippen molar-refractivity contribution in [3.63, 3.8) is 0 Å². The number of aromatic carboxylic acids is 2. The number of rotatable bonds is 4. The van der Waals surface area contributed by atoms with E-state index in [4.69, 9.17) is 0 Å². The van der Waals surface area contributed by atoms with Gasteiger partial charge in [0.05, 0.1) is 21.7 Å². The van der Waals surface area contributed by atoms with Crippen LogP contribution in [0.2, 0.25) is 0 Å². The fraction of sp³-hybridized carbons (Fsp3) is 0. The summed E-state index contributed by atoms with van der Waals surface area (Å²) >= 11 is 0. The first-order valence-electron chi connectivity index (χ1n) is 6.61. The molecule has 0 aliphatic heterocycles. The summed E-state index contributed by atoms with van der Waals surface area (Å²) in [6, 6.07) is 3.85. The van der Waals surface area contributed by atoms with Crippen molar-refractivity contribution < 1.29 is 129 Å². The predicted octanol–water partition coefficient (Wildman–Crippen LogP) is -6.72. The molecule has 30 heavy (non-hydrogen) atoms. The number of hydrogen-bond donors (Lipinski definition) is 0. The average molecular weight is 606 g/mol. The summed E-state index contributed by atoms with van der Waals surface area (Å²) in [6.45, 7) is 0. The minimum atomic E-state index is -4.76. The molecule has 0 unspecified atom stereocenters. The molecule has 0 fully saturated rings. The van der Waals surface area contributed by atoms with Gasteiger partial charge in [0, 0.05) is 0 Å². The second kappa shape index (κ2) is 12.2. The van der Waals surface area contributed by atoms with Crippen LogP contribution in [0.4, 0.5) is 0 Å². The van der Waals surface area contributed by atoms with E-state index in [2.05, 4.69) is 0 Å².